The molecule has 2 aromatic carbocycles. The van der Waals surface area contributed by atoms with E-state index in [1.807, 2.05) is 43.4 Å². The molecular weight excluding hydrogens is 248 g/mol. The van der Waals surface area contributed by atoms with Gasteiger partial charge in [0.1, 0.15) is 0 Å². The quantitative estimate of drug-likeness (QED) is 0.862. The molecule has 0 bridgehead atoms. The molecular formula is C17H20N2O. The van der Waals surface area contributed by atoms with E-state index in [1.165, 1.54) is 5.56 Å². The summed E-state index contributed by atoms with van der Waals surface area (Å²) in [5.74, 6) is -0.0923. The molecule has 0 saturated heterocycles. The summed E-state index contributed by atoms with van der Waals surface area (Å²) < 4.78 is 0. The van der Waals surface area contributed by atoms with Crippen molar-refractivity contribution in [2.45, 2.75) is 19.8 Å². The highest BCUT2D eigenvalue weighted by Gasteiger charge is 2.06. The molecule has 3 heteroatoms. The van der Waals surface area contributed by atoms with Gasteiger partial charge in [0.05, 0.1) is 0 Å². The van der Waals surface area contributed by atoms with E-state index < -0.39 is 0 Å². The summed E-state index contributed by atoms with van der Waals surface area (Å²) >= 11 is 0. The van der Waals surface area contributed by atoms with Crippen LogP contribution in [-0.2, 0) is 6.42 Å². The van der Waals surface area contributed by atoms with Crippen molar-refractivity contribution in [1.82, 2.24) is 0 Å². The summed E-state index contributed by atoms with van der Waals surface area (Å²) in [6.07, 6.45) is 2.20. The first-order chi connectivity index (χ1) is 9.72. The van der Waals surface area contributed by atoms with Crippen molar-refractivity contribution in [3.63, 3.8) is 0 Å². The van der Waals surface area contributed by atoms with Crippen molar-refractivity contribution in [3.8, 4) is 0 Å². The molecule has 2 aromatic rings. The van der Waals surface area contributed by atoms with Gasteiger partial charge in [0.15, 0.2) is 0 Å². The molecule has 0 heterocycles. The summed E-state index contributed by atoms with van der Waals surface area (Å²) in [6.45, 7) is 2.16. The van der Waals surface area contributed by atoms with Crippen LogP contribution in [0.3, 0.4) is 0 Å². The van der Waals surface area contributed by atoms with Crippen LogP contribution in [0.15, 0.2) is 48.5 Å². The van der Waals surface area contributed by atoms with E-state index in [4.69, 9.17) is 0 Å². The van der Waals surface area contributed by atoms with E-state index in [1.54, 1.807) is 0 Å². The van der Waals surface area contributed by atoms with Gasteiger partial charge in [-0.3, -0.25) is 4.79 Å². The minimum atomic E-state index is -0.0923. The van der Waals surface area contributed by atoms with Gasteiger partial charge in [0.2, 0.25) is 0 Å². The number of rotatable bonds is 5. The van der Waals surface area contributed by atoms with Crippen molar-refractivity contribution >= 4 is 17.3 Å². The largest absolute Gasteiger partial charge is 0.388 e. The Labute approximate surface area is 120 Å². The molecule has 0 aliphatic rings. The maximum absolute atomic E-state index is 12.2. The molecule has 0 fully saturated rings. The van der Waals surface area contributed by atoms with Gasteiger partial charge in [-0.2, -0.15) is 0 Å². The Morgan fingerprint density at radius 1 is 1.05 bits per heavy atom. The Balaban J connectivity index is 2.06. The van der Waals surface area contributed by atoms with Crippen LogP contribution in [0.4, 0.5) is 11.4 Å². The van der Waals surface area contributed by atoms with Gasteiger partial charge in [-0.1, -0.05) is 31.5 Å². The van der Waals surface area contributed by atoms with E-state index in [2.05, 4.69) is 29.7 Å². The Bertz CT molecular complexity index is 576. The van der Waals surface area contributed by atoms with Crippen molar-refractivity contribution in [3.05, 3.63) is 59.7 Å². The van der Waals surface area contributed by atoms with Crippen LogP contribution in [0, 0.1) is 0 Å². The van der Waals surface area contributed by atoms with Crippen LogP contribution in [0.25, 0.3) is 0 Å². The molecule has 2 N–H and O–H groups in total. The first-order valence-electron chi connectivity index (χ1n) is 6.91. The Kier molecular flexibility index (Phi) is 4.77. The van der Waals surface area contributed by atoms with E-state index in [0.29, 0.717) is 5.56 Å². The van der Waals surface area contributed by atoms with Crippen molar-refractivity contribution in [1.29, 1.82) is 0 Å². The number of anilines is 2. The van der Waals surface area contributed by atoms with Gasteiger partial charge in [0.25, 0.3) is 5.91 Å². The first kappa shape index (κ1) is 14.1. The third-order valence-electron chi connectivity index (χ3n) is 3.16. The number of aryl methyl sites for hydroxylation is 1. The fourth-order valence-electron chi connectivity index (χ4n) is 2.06. The second-order valence-corrected chi connectivity index (χ2v) is 4.73. The van der Waals surface area contributed by atoms with Crippen LogP contribution < -0.4 is 10.6 Å². The van der Waals surface area contributed by atoms with E-state index in [0.717, 1.165) is 24.2 Å². The second kappa shape index (κ2) is 6.75. The Morgan fingerprint density at radius 3 is 2.45 bits per heavy atom. The van der Waals surface area contributed by atoms with E-state index in [9.17, 15) is 4.79 Å². The number of hydrogen-bond acceptors (Lipinski definition) is 2. The zero-order valence-electron chi connectivity index (χ0n) is 11.9. The highest BCUT2D eigenvalue weighted by molar-refractivity contribution is 6.04. The molecule has 0 atom stereocenters. The van der Waals surface area contributed by atoms with E-state index >= 15 is 0 Å². The van der Waals surface area contributed by atoms with Gasteiger partial charge >= 0.3 is 0 Å². The number of carbonyl (C=O) groups is 1. The normalized spacial score (nSPS) is 10.1. The lowest BCUT2D eigenvalue weighted by Crippen LogP contribution is -2.12. The van der Waals surface area contributed by atoms with Crippen molar-refractivity contribution in [2.24, 2.45) is 0 Å². The predicted octanol–water partition coefficient (Wildman–Crippen LogP) is 3.93. The van der Waals surface area contributed by atoms with Crippen LogP contribution >= 0.6 is 0 Å². The highest BCUT2D eigenvalue weighted by Crippen LogP contribution is 2.14. The molecule has 0 spiro atoms. The summed E-state index contributed by atoms with van der Waals surface area (Å²) in [5, 5.41) is 5.94. The molecule has 0 unspecified atom stereocenters. The number of amides is 1. The molecule has 0 aromatic heterocycles. The zero-order valence-corrected chi connectivity index (χ0v) is 11.9. The molecule has 2 rings (SSSR count). The van der Waals surface area contributed by atoms with Gasteiger partial charge in [-0.15, -0.1) is 0 Å². The van der Waals surface area contributed by atoms with Gasteiger partial charge < -0.3 is 10.6 Å². The number of hydrogen-bond donors (Lipinski definition) is 2. The molecule has 0 aliphatic heterocycles. The third-order valence-corrected chi connectivity index (χ3v) is 3.16. The summed E-state index contributed by atoms with van der Waals surface area (Å²) in [7, 11) is 1.84. The highest BCUT2D eigenvalue weighted by atomic mass is 16.1. The van der Waals surface area contributed by atoms with Gasteiger partial charge in [-0.25, -0.2) is 0 Å². The lowest BCUT2D eigenvalue weighted by Gasteiger charge is -2.07. The summed E-state index contributed by atoms with van der Waals surface area (Å²) in [6, 6.07) is 15.5. The molecule has 0 radical (unpaired) electrons. The predicted molar refractivity (Wildman–Crippen MR) is 84.4 cm³/mol. The zero-order chi connectivity index (χ0) is 14.4. The molecule has 20 heavy (non-hydrogen) atoms. The lowest BCUT2D eigenvalue weighted by molar-refractivity contribution is 0.102. The first-order valence-corrected chi connectivity index (χ1v) is 6.91. The molecule has 104 valence electrons. The maximum Gasteiger partial charge on any atom is 0.255 e. The maximum atomic E-state index is 12.2. The number of nitrogens with one attached hydrogen (secondary N) is 2. The van der Waals surface area contributed by atoms with E-state index in [-0.39, 0.29) is 5.91 Å². The SMILES string of the molecule is CCCc1ccc(NC(=O)c2cccc(NC)c2)cc1. The van der Waals surface area contributed by atoms with Crippen LogP contribution in [0.1, 0.15) is 29.3 Å². The topological polar surface area (TPSA) is 41.1 Å². The minimum absolute atomic E-state index is 0.0923. The fourth-order valence-corrected chi connectivity index (χ4v) is 2.06. The Morgan fingerprint density at radius 2 is 1.80 bits per heavy atom. The minimum Gasteiger partial charge on any atom is -0.388 e. The van der Waals surface area contributed by atoms with Crippen LogP contribution in [0.2, 0.25) is 0 Å². The number of benzene rings is 2. The summed E-state index contributed by atoms with van der Waals surface area (Å²) in [5.41, 5.74) is 3.69. The Hall–Kier alpha value is -2.29. The molecule has 0 aliphatic carbocycles. The monoisotopic (exact) mass is 268 g/mol. The van der Waals surface area contributed by atoms with Gasteiger partial charge in [0, 0.05) is 24.0 Å². The average Bonchev–Trinajstić information content (AvgIpc) is 2.49. The van der Waals surface area contributed by atoms with Gasteiger partial charge in [-0.05, 0) is 42.3 Å². The third kappa shape index (κ3) is 3.60. The standard InChI is InChI=1S/C17H20N2O/c1-3-5-13-8-10-15(11-9-13)19-17(20)14-6-4-7-16(12-14)18-2/h4,6-12,18H,3,5H2,1-2H3,(H,19,20). The lowest BCUT2D eigenvalue weighted by atomic mass is 10.1. The van der Waals surface area contributed by atoms with Crippen molar-refractivity contribution < 1.29 is 4.79 Å². The molecule has 3 nitrogen and oxygen atoms in total. The van der Waals surface area contributed by atoms with Crippen LogP contribution in [-0.4, -0.2) is 13.0 Å². The average molecular weight is 268 g/mol. The van der Waals surface area contributed by atoms with Crippen molar-refractivity contribution in [2.75, 3.05) is 17.7 Å². The smallest absolute Gasteiger partial charge is 0.255 e. The molecule has 1 amide bonds. The fraction of sp³-hybridized carbons (Fsp3) is 0.235. The number of carbonyl (C=O) groups excluding carboxylic acids is 1. The molecule has 0 saturated carbocycles. The second-order valence-electron chi connectivity index (χ2n) is 4.73. The summed E-state index contributed by atoms with van der Waals surface area (Å²) in [4.78, 5) is 12.2. The van der Waals surface area contributed by atoms with Crippen LogP contribution in [0.5, 0.6) is 0 Å².